The first-order valence-electron chi connectivity index (χ1n) is 9.03. The molecule has 0 saturated heterocycles. The quantitative estimate of drug-likeness (QED) is 0.427. The van der Waals surface area contributed by atoms with Crippen molar-refractivity contribution in [2.75, 3.05) is 12.4 Å². The average molecular weight is 433 g/mol. The average Bonchev–Trinajstić information content (AvgIpc) is 2.70. The standard InChI is InChI=1S/C22H22Cl2N2O3/c1-5-13(2)29-21-18(24)10-15(11-20(21)28-4)9-16(12-25)22(27)26-19-8-6-7-17(23)14(19)3/h6-11,13H,5H2,1-4H3,(H,26,27)/b16-9-/t13-/m0/s1. The van der Waals surface area contributed by atoms with E-state index in [1.54, 1.807) is 37.3 Å². The fraction of sp³-hybridized carbons (Fsp3) is 0.273. The van der Waals surface area contributed by atoms with Gasteiger partial charge in [0.15, 0.2) is 11.5 Å². The Morgan fingerprint density at radius 1 is 1.31 bits per heavy atom. The van der Waals surface area contributed by atoms with Crippen LogP contribution >= 0.6 is 23.2 Å². The van der Waals surface area contributed by atoms with Crippen molar-refractivity contribution in [1.29, 1.82) is 5.26 Å². The molecule has 152 valence electrons. The molecule has 2 rings (SSSR count). The Kier molecular flexibility index (Phi) is 7.95. The van der Waals surface area contributed by atoms with Gasteiger partial charge in [0.2, 0.25) is 0 Å². The van der Waals surface area contributed by atoms with Gasteiger partial charge in [-0.1, -0.05) is 36.2 Å². The zero-order valence-corrected chi connectivity index (χ0v) is 18.2. The van der Waals surface area contributed by atoms with Gasteiger partial charge in [-0.3, -0.25) is 4.79 Å². The van der Waals surface area contributed by atoms with E-state index in [4.69, 9.17) is 32.7 Å². The van der Waals surface area contributed by atoms with E-state index < -0.39 is 5.91 Å². The number of benzene rings is 2. The second-order valence-electron chi connectivity index (χ2n) is 6.41. The van der Waals surface area contributed by atoms with Gasteiger partial charge >= 0.3 is 0 Å². The first kappa shape index (κ1) is 22.6. The number of ether oxygens (including phenoxy) is 2. The first-order chi connectivity index (χ1) is 13.8. The molecule has 0 spiro atoms. The van der Waals surface area contributed by atoms with Crippen molar-refractivity contribution in [2.45, 2.75) is 33.3 Å². The van der Waals surface area contributed by atoms with E-state index in [1.807, 2.05) is 19.9 Å². The lowest BCUT2D eigenvalue weighted by Gasteiger charge is -2.17. The molecule has 1 amide bonds. The van der Waals surface area contributed by atoms with Crippen molar-refractivity contribution in [1.82, 2.24) is 0 Å². The van der Waals surface area contributed by atoms with Crippen LogP contribution in [0.15, 0.2) is 35.9 Å². The van der Waals surface area contributed by atoms with Gasteiger partial charge in [0.1, 0.15) is 11.6 Å². The van der Waals surface area contributed by atoms with Crippen molar-refractivity contribution in [3.8, 4) is 17.6 Å². The first-order valence-corrected chi connectivity index (χ1v) is 9.78. The Hall–Kier alpha value is -2.68. The van der Waals surface area contributed by atoms with Crippen molar-refractivity contribution in [3.05, 3.63) is 57.1 Å². The highest BCUT2D eigenvalue weighted by molar-refractivity contribution is 6.32. The Balaban J connectivity index is 2.34. The van der Waals surface area contributed by atoms with Crippen molar-refractivity contribution in [2.24, 2.45) is 0 Å². The number of nitrogens with one attached hydrogen (secondary N) is 1. The topological polar surface area (TPSA) is 71.3 Å². The molecule has 1 atom stereocenters. The summed E-state index contributed by atoms with van der Waals surface area (Å²) in [5.74, 6) is 0.304. The van der Waals surface area contributed by atoms with Gasteiger partial charge in [-0.15, -0.1) is 0 Å². The van der Waals surface area contributed by atoms with Crippen LogP contribution < -0.4 is 14.8 Å². The number of hydrogen-bond donors (Lipinski definition) is 1. The maximum Gasteiger partial charge on any atom is 0.266 e. The van der Waals surface area contributed by atoms with E-state index in [2.05, 4.69) is 5.32 Å². The molecule has 0 aromatic heterocycles. The fourth-order valence-electron chi connectivity index (χ4n) is 2.47. The van der Waals surface area contributed by atoms with Gasteiger partial charge in [-0.05, 0) is 61.7 Å². The third-order valence-corrected chi connectivity index (χ3v) is 5.03. The van der Waals surface area contributed by atoms with Crippen LogP contribution in [0.4, 0.5) is 5.69 Å². The monoisotopic (exact) mass is 432 g/mol. The third kappa shape index (κ3) is 5.66. The van der Waals surface area contributed by atoms with E-state index in [1.165, 1.54) is 13.2 Å². The lowest BCUT2D eigenvalue weighted by Crippen LogP contribution is -2.14. The van der Waals surface area contributed by atoms with Crippen molar-refractivity contribution < 1.29 is 14.3 Å². The van der Waals surface area contributed by atoms with Gasteiger partial charge in [0.25, 0.3) is 5.91 Å². The van der Waals surface area contributed by atoms with Crippen LogP contribution in [0.1, 0.15) is 31.4 Å². The fourth-order valence-corrected chi connectivity index (χ4v) is 2.91. The highest BCUT2D eigenvalue weighted by atomic mass is 35.5. The molecule has 29 heavy (non-hydrogen) atoms. The summed E-state index contributed by atoms with van der Waals surface area (Å²) < 4.78 is 11.2. The lowest BCUT2D eigenvalue weighted by molar-refractivity contribution is -0.112. The van der Waals surface area contributed by atoms with Crippen LogP contribution in [0.5, 0.6) is 11.5 Å². The number of anilines is 1. The smallest absolute Gasteiger partial charge is 0.266 e. The predicted molar refractivity (Wildman–Crippen MR) is 117 cm³/mol. The number of nitrogens with zero attached hydrogens (tertiary/aromatic N) is 1. The summed E-state index contributed by atoms with van der Waals surface area (Å²) in [4.78, 5) is 12.6. The van der Waals surface area contributed by atoms with Crippen LogP contribution in [-0.4, -0.2) is 19.1 Å². The van der Waals surface area contributed by atoms with Crippen LogP contribution in [-0.2, 0) is 4.79 Å². The van der Waals surface area contributed by atoms with E-state index in [-0.39, 0.29) is 11.7 Å². The Morgan fingerprint density at radius 3 is 2.66 bits per heavy atom. The molecular weight excluding hydrogens is 411 g/mol. The molecule has 0 radical (unpaired) electrons. The molecule has 7 heteroatoms. The lowest BCUT2D eigenvalue weighted by atomic mass is 10.1. The van der Waals surface area contributed by atoms with Crippen LogP contribution in [0.25, 0.3) is 6.08 Å². The SMILES string of the molecule is CC[C@H](C)Oc1c(Cl)cc(/C=C(/C#N)C(=O)Nc2cccc(Cl)c2C)cc1OC. The molecule has 1 N–H and O–H groups in total. The molecule has 5 nitrogen and oxygen atoms in total. The van der Waals surface area contributed by atoms with Crippen LogP contribution in [0.2, 0.25) is 10.0 Å². The maximum atomic E-state index is 12.6. The molecular formula is C22H22Cl2N2O3. The number of amides is 1. The summed E-state index contributed by atoms with van der Waals surface area (Å²) in [7, 11) is 1.50. The molecule has 2 aromatic rings. The normalized spacial score (nSPS) is 12.1. The third-order valence-electron chi connectivity index (χ3n) is 4.34. The summed E-state index contributed by atoms with van der Waals surface area (Å²) in [6.45, 7) is 5.72. The second-order valence-corrected chi connectivity index (χ2v) is 7.22. The molecule has 2 aromatic carbocycles. The number of hydrogen-bond acceptors (Lipinski definition) is 4. The number of carbonyl (C=O) groups excluding carboxylic acids is 1. The van der Waals surface area contributed by atoms with Crippen LogP contribution in [0, 0.1) is 18.3 Å². The van der Waals surface area contributed by atoms with E-state index >= 15 is 0 Å². The van der Waals surface area contributed by atoms with E-state index in [0.717, 1.165) is 12.0 Å². The summed E-state index contributed by atoms with van der Waals surface area (Å²) in [5.41, 5.74) is 1.71. The van der Waals surface area contributed by atoms with Crippen molar-refractivity contribution >= 4 is 40.9 Å². The van der Waals surface area contributed by atoms with Gasteiger partial charge in [0.05, 0.1) is 18.2 Å². The summed E-state index contributed by atoms with van der Waals surface area (Å²) in [6.07, 6.45) is 2.21. The predicted octanol–water partition coefficient (Wildman–Crippen LogP) is 6.03. The Labute approximate surface area is 180 Å². The second kappa shape index (κ2) is 10.2. The molecule has 0 aliphatic rings. The molecule has 0 bridgehead atoms. The molecule has 0 aliphatic heterocycles. The number of halogens is 2. The molecule has 0 unspecified atom stereocenters. The maximum absolute atomic E-state index is 12.6. The highest BCUT2D eigenvalue weighted by Gasteiger charge is 2.16. The minimum Gasteiger partial charge on any atom is -0.493 e. The Bertz CT molecular complexity index is 981. The highest BCUT2D eigenvalue weighted by Crippen LogP contribution is 2.38. The molecule has 0 aliphatic carbocycles. The van der Waals surface area contributed by atoms with E-state index in [9.17, 15) is 10.1 Å². The van der Waals surface area contributed by atoms with Gasteiger partial charge in [-0.2, -0.15) is 5.26 Å². The zero-order chi connectivity index (χ0) is 21.6. The largest absolute Gasteiger partial charge is 0.493 e. The van der Waals surface area contributed by atoms with Gasteiger partial charge in [-0.25, -0.2) is 0 Å². The summed E-state index contributed by atoms with van der Waals surface area (Å²) in [6, 6.07) is 10.4. The molecule has 0 heterocycles. The number of nitriles is 1. The minimum absolute atomic E-state index is 0.0378. The Morgan fingerprint density at radius 2 is 2.03 bits per heavy atom. The number of rotatable bonds is 7. The summed E-state index contributed by atoms with van der Waals surface area (Å²) in [5, 5.41) is 13.0. The minimum atomic E-state index is -0.548. The number of carbonyl (C=O) groups is 1. The van der Waals surface area contributed by atoms with E-state index in [0.29, 0.717) is 32.8 Å². The van der Waals surface area contributed by atoms with Gasteiger partial charge in [0, 0.05) is 10.7 Å². The van der Waals surface area contributed by atoms with Crippen molar-refractivity contribution in [3.63, 3.8) is 0 Å². The summed E-state index contributed by atoms with van der Waals surface area (Å²) >= 11 is 12.4. The molecule has 0 fully saturated rings. The number of methoxy groups -OCH3 is 1. The zero-order valence-electron chi connectivity index (χ0n) is 16.7. The van der Waals surface area contributed by atoms with Crippen LogP contribution in [0.3, 0.4) is 0 Å². The van der Waals surface area contributed by atoms with Gasteiger partial charge < -0.3 is 14.8 Å². The molecule has 0 saturated carbocycles.